The van der Waals surface area contributed by atoms with Crippen molar-refractivity contribution in [1.29, 1.82) is 0 Å². The Morgan fingerprint density at radius 2 is 1.94 bits per heavy atom. The second-order valence-electron chi connectivity index (χ2n) is 4.92. The predicted molar refractivity (Wildman–Crippen MR) is 73.7 cm³/mol. The molecule has 0 spiro atoms. The van der Waals surface area contributed by atoms with Crippen LogP contribution in [0, 0.1) is 12.3 Å². The van der Waals surface area contributed by atoms with E-state index in [-0.39, 0.29) is 0 Å². The summed E-state index contributed by atoms with van der Waals surface area (Å²) in [7, 11) is 0. The lowest BCUT2D eigenvalue weighted by atomic mass is 9.85. The Morgan fingerprint density at radius 3 is 2.47 bits per heavy atom. The Hall–Kier alpha value is -0.0300. The summed E-state index contributed by atoms with van der Waals surface area (Å²) in [6.45, 7) is 1.84. The molecule has 1 heterocycles. The van der Waals surface area contributed by atoms with E-state index >= 15 is 0 Å². The molecule has 0 N–H and O–H groups in total. The number of rotatable bonds is 4. The molecule has 96 valence electrons. The predicted octanol–water partition coefficient (Wildman–Crippen LogP) is 4.21. The molecule has 1 fully saturated rings. The third-order valence-corrected chi connectivity index (χ3v) is 5.82. The molecule has 2 rings (SSSR count). The third-order valence-electron chi connectivity index (χ3n) is 3.46. The summed E-state index contributed by atoms with van der Waals surface area (Å²) in [4.78, 5) is 0. The molecular weight excluding hydrogens is 300 g/mol. The average molecular weight is 319 g/mol. The summed E-state index contributed by atoms with van der Waals surface area (Å²) >= 11 is 5.41. The molecule has 0 aromatic carbocycles. The maximum atomic E-state index is 5.42. The van der Waals surface area contributed by atoms with Crippen LogP contribution in [0.3, 0.4) is 0 Å². The second kappa shape index (κ2) is 6.23. The van der Waals surface area contributed by atoms with E-state index in [0.717, 1.165) is 11.1 Å². The summed E-state index contributed by atoms with van der Waals surface area (Å²) < 4.78 is 5.42. The molecule has 0 radical (unpaired) electrons. The Labute approximate surface area is 115 Å². The topological polar surface area (TPSA) is 38.9 Å². The van der Waals surface area contributed by atoms with Crippen molar-refractivity contribution in [3.8, 4) is 0 Å². The molecule has 1 aromatic heterocycles. The maximum absolute atomic E-state index is 5.42. The highest BCUT2D eigenvalue weighted by Crippen LogP contribution is 2.40. The number of halogens is 1. The zero-order valence-corrected chi connectivity index (χ0v) is 12.6. The van der Waals surface area contributed by atoms with Crippen LogP contribution in [0.5, 0.6) is 0 Å². The van der Waals surface area contributed by atoms with Gasteiger partial charge >= 0.3 is 0 Å². The van der Waals surface area contributed by atoms with Crippen molar-refractivity contribution in [2.75, 3.05) is 11.1 Å². The van der Waals surface area contributed by atoms with Crippen LogP contribution in [0.15, 0.2) is 9.64 Å². The molecule has 0 atom stereocenters. The SMILES string of the molecule is Cc1nnc(SCC2(CBr)CCCCCC2)o1. The van der Waals surface area contributed by atoms with Gasteiger partial charge in [-0.25, -0.2) is 0 Å². The van der Waals surface area contributed by atoms with E-state index in [0.29, 0.717) is 16.5 Å². The van der Waals surface area contributed by atoms with Crippen LogP contribution in [0.4, 0.5) is 0 Å². The average Bonchev–Trinajstić information content (AvgIpc) is 2.63. The van der Waals surface area contributed by atoms with Gasteiger partial charge in [-0.05, 0) is 18.3 Å². The molecule has 1 aromatic rings. The van der Waals surface area contributed by atoms with Crippen molar-refractivity contribution in [3.05, 3.63) is 5.89 Å². The van der Waals surface area contributed by atoms with Gasteiger partial charge in [0, 0.05) is 18.0 Å². The number of aryl methyl sites for hydroxylation is 1. The highest BCUT2D eigenvalue weighted by molar-refractivity contribution is 9.09. The first-order chi connectivity index (χ1) is 8.24. The minimum atomic E-state index is 0.420. The summed E-state index contributed by atoms with van der Waals surface area (Å²) in [5, 5.41) is 9.72. The van der Waals surface area contributed by atoms with E-state index in [4.69, 9.17) is 4.42 Å². The van der Waals surface area contributed by atoms with Gasteiger partial charge in [0.1, 0.15) is 0 Å². The fourth-order valence-corrected chi connectivity index (χ4v) is 4.47. The molecule has 0 amide bonds. The molecule has 5 heteroatoms. The number of hydrogen-bond acceptors (Lipinski definition) is 4. The Bertz CT molecular complexity index is 348. The van der Waals surface area contributed by atoms with Crippen LogP contribution >= 0.6 is 27.7 Å². The zero-order valence-electron chi connectivity index (χ0n) is 10.2. The second-order valence-corrected chi connectivity index (χ2v) is 6.41. The lowest BCUT2D eigenvalue weighted by Gasteiger charge is -2.29. The van der Waals surface area contributed by atoms with Gasteiger partial charge in [-0.1, -0.05) is 53.4 Å². The number of nitrogens with zero attached hydrogens (tertiary/aromatic N) is 2. The number of thioether (sulfide) groups is 1. The highest BCUT2D eigenvalue weighted by atomic mass is 79.9. The van der Waals surface area contributed by atoms with Gasteiger partial charge < -0.3 is 4.42 Å². The van der Waals surface area contributed by atoms with Crippen molar-refractivity contribution in [1.82, 2.24) is 10.2 Å². The monoisotopic (exact) mass is 318 g/mol. The molecule has 0 aliphatic heterocycles. The standard InChI is InChI=1S/C12H19BrN2OS/c1-10-14-15-11(16-10)17-9-12(8-13)6-4-2-3-5-7-12/h2-9H2,1H3. The molecule has 1 aliphatic rings. The molecule has 0 saturated heterocycles. The van der Waals surface area contributed by atoms with Crippen molar-refractivity contribution in [2.24, 2.45) is 5.41 Å². The van der Waals surface area contributed by atoms with E-state index in [9.17, 15) is 0 Å². The smallest absolute Gasteiger partial charge is 0.276 e. The van der Waals surface area contributed by atoms with Crippen molar-refractivity contribution in [3.63, 3.8) is 0 Å². The largest absolute Gasteiger partial charge is 0.416 e. The maximum Gasteiger partial charge on any atom is 0.276 e. The Balaban J connectivity index is 1.93. The summed E-state index contributed by atoms with van der Waals surface area (Å²) in [5.41, 5.74) is 0.420. The van der Waals surface area contributed by atoms with Gasteiger partial charge in [-0.3, -0.25) is 0 Å². The lowest BCUT2D eigenvalue weighted by Crippen LogP contribution is -2.25. The summed E-state index contributed by atoms with van der Waals surface area (Å²) in [5.74, 6) is 1.74. The van der Waals surface area contributed by atoms with Gasteiger partial charge in [0.2, 0.25) is 5.89 Å². The normalized spacial score (nSPS) is 20.1. The van der Waals surface area contributed by atoms with Crippen LogP contribution in [-0.2, 0) is 0 Å². The quantitative estimate of drug-likeness (QED) is 0.473. The molecule has 0 bridgehead atoms. The minimum Gasteiger partial charge on any atom is -0.416 e. The van der Waals surface area contributed by atoms with Gasteiger partial charge in [0.15, 0.2) is 0 Å². The van der Waals surface area contributed by atoms with Crippen LogP contribution in [0.1, 0.15) is 44.4 Å². The lowest BCUT2D eigenvalue weighted by molar-refractivity contribution is 0.332. The summed E-state index contributed by atoms with van der Waals surface area (Å²) in [6, 6.07) is 0. The Kier molecular flexibility index (Phi) is 4.91. The van der Waals surface area contributed by atoms with E-state index in [2.05, 4.69) is 26.1 Å². The van der Waals surface area contributed by atoms with Crippen molar-refractivity contribution < 1.29 is 4.42 Å². The molecule has 0 unspecified atom stereocenters. The van der Waals surface area contributed by atoms with Crippen molar-refractivity contribution >= 4 is 27.7 Å². The molecular formula is C12H19BrN2OS. The first kappa shape index (κ1) is 13.4. The van der Waals surface area contributed by atoms with Crippen molar-refractivity contribution in [2.45, 2.75) is 50.7 Å². The zero-order chi connectivity index (χ0) is 12.1. The van der Waals surface area contributed by atoms with E-state index < -0.39 is 0 Å². The molecule has 3 nitrogen and oxygen atoms in total. The van der Waals surface area contributed by atoms with Gasteiger partial charge in [0.25, 0.3) is 5.22 Å². The van der Waals surface area contributed by atoms with Crippen LogP contribution < -0.4 is 0 Å². The summed E-state index contributed by atoms with van der Waals surface area (Å²) in [6.07, 6.45) is 8.12. The Morgan fingerprint density at radius 1 is 1.24 bits per heavy atom. The molecule has 1 saturated carbocycles. The van der Waals surface area contributed by atoms with E-state index in [1.54, 1.807) is 11.8 Å². The molecule has 1 aliphatic carbocycles. The van der Waals surface area contributed by atoms with E-state index in [1.165, 1.54) is 38.5 Å². The third kappa shape index (κ3) is 3.71. The van der Waals surface area contributed by atoms with Crippen LogP contribution in [0.2, 0.25) is 0 Å². The number of alkyl halides is 1. The first-order valence-electron chi connectivity index (χ1n) is 6.23. The minimum absolute atomic E-state index is 0.420. The van der Waals surface area contributed by atoms with Crippen LogP contribution in [0.25, 0.3) is 0 Å². The van der Waals surface area contributed by atoms with Gasteiger partial charge in [0.05, 0.1) is 0 Å². The fraction of sp³-hybridized carbons (Fsp3) is 0.833. The van der Waals surface area contributed by atoms with Gasteiger partial charge in [-0.2, -0.15) is 0 Å². The van der Waals surface area contributed by atoms with Gasteiger partial charge in [-0.15, -0.1) is 10.2 Å². The fourth-order valence-electron chi connectivity index (χ4n) is 2.35. The highest BCUT2D eigenvalue weighted by Gasteiger charge is 2.30. The molecule has 17 heavy (non-hydrogen) atoms. The first-order valence-corrected chi connectivity index (χ1v) is 8.34. The number of aromatic nitrogens is 2. The number of hydrogen-bond donors (Lipinski definition) is 0. The van der Waals surface area contributed by atoms with E-state index in [1.807, 2.05) is 6.92 Å². The van der Waals surface area contributed by atoms with Crippen LogP contribution in [-0.4, -0.2) is 21.3 Å².